The predicted octanol–water partition coefficient (Wildman–Crippen LogP) is 4.37. The monoisotopic (exact) mass is 420 g/mol. The zero-order valence-corrected chi connectivity index (χ0v) is 17.7. The van der Waals surface area contributed by atoms with E-state index in [1.165, 1.54) is 0 Å². The number of nitrogens with one attached hydrogen (secondary N) is 1. The van der Waals surface area contributed by atoms with Gasteiger partial charge in [-0.15, -0.1) is 12.4 Å². The summed E-state index contributed by atoms with van der Waals surface area (Å²) < 4.78 is 3.71. The molecule has 1 aliphatic heterocycles. The van der Waals surface area contributed by atoms with E-state index in [-0.39, 0.29) is 23.6 Å². The molecule has 6 heteroatoms. The minimum Gasteiger partial charge on any atom is -0.317 e. The second-order valence-electron chi connectivity index (χ2n) is 7.96. The molecule has 1 aliphatic rings. The number of hydrogen-bond acceptors (Lipinski definition) is 3. The lowest BCUT2D eigenvalue weighted by Gasteiger charge is -2.34. The molecule has 30 heavy (non-hydrogen) atoms. The molecule has 1 saturated heterocycles. The fourth-order valence-corrected chi connectivity index (χ4v) is 4.39. The van der Waals surface area contributed by atoms with E-state index in [1.54, 1.807) is 10.8 Å². The summed E-state index contributed by atoms with van der Waals surface area (Å²) >= 11 is 0. The molecule has 1 fully saturated rings. The molecule has 5 rings (SSSR count). The number of piperidine rings is 1. The van der Waals surface area contributed by atoms with Gasteiger partial charge in [-0.25, -0.2) is 9.78 Å². The highest BCUT2D eigenvalue weighted by Crippen LogP contribution is 2.30. The molecular weight excluding hydrogens is 396 g/mol. The van der Waals surface area contributed by atoms with Crippen LogP contribution in [0.3, 0.4) is 0 Å². The molecule has 3 heterocycles. The van der Waals surface area contributed by atoms with E-state index >= 15 is 0 Å². The molecule has 0 saturated carbocycles. The van der Waals surface area contributed by atoms with E-state index in [4.69, 9.17) is 0 Å². The Morgan fingerprint density at radius 1 is 0.900 bits per heavy atom. The number of pyridine rings is 1. The van der Waals surface area contributed by atoms with Gasteiger partial charge in [0.25, 0.3) is 0 Å². The Kier molecular flexibility index (Phi) is 5.50. The first kappa shape index (κ1) is 20.4. The van der Waals surface area contributed by atoms with E-state index < -0.39 is 0 Å². The van der Waals surface area contributed by atoms with Crippen LogP contribution in [0.25, 0.3) is 28.0 Å². The van der Waals surface area contributed by atoms with Gasteiger partial charge >= 0.3 is 5.69 Å². The minimum atomic E-state index is -0.232. The van der Waals surface area contributed by atoms with Crippen molar-refractivity contribution in [2.45, 2.75) is 25.3 Å². The van der Waals surface area contributed by atoms with E-state index in [2.05, 4.69) is 41.5 Å². The number of halogens is 1. The first-order valence-corrected chi connectivity index (χ1v) is 10.1. The lowest BCUT2D eigenvalue weighted by Crippen LogP contribution is -2.46. The maximum absolute atomic E-state index is 13.6. The Balaban J connectivity index is 0.00000218. The van der Waals surface area contributed by atoms with Crippen molar-refractivity contribution in [3.63, 3.8) is 0 Å². The van der Waals surface area contributed by atoms with E-state index in [0.717, 1.165) is 53.9 Å². The number of fused-ring (bicyclic) bond motifs is 1. The van der Waals surface area contributed by atoms with Crippen LogP contribution in [0, 0.1) is 0 Å². The third-order valence-electron chi connectivity index (χ3n) is 6.05. The SMILES string of the molecule is CC1(n2c(=O)n(-c3ccc(-c4ccccc4)cc3)c3cccnc32)CCNCC1.Cl. The van der Waals surface area contributed by atoms with Crippen molar-refractivity contribution < 1.29 is 0 Å². The van der Waals surface area contributed by atoms with Crippen LogP contribution < -0.4 is 11.0 Å². The number of imidazole rings is 1. The molecule has 2 aromatic heterocycles. The van der Waals surface area contributed by atoms with Crippen LogP contribution in [0.2, 0.25) is 0 Å². The van der Waals surface area contributed by atoms with Crippen LogP contribution in [0.15, 0.2) is 77.7 Å². The quantitative estimate of drug-likeness (QED) is 0.535. The standard InChI is InChI=1S/C24H24N4O.ClH/c1-24(13-16-25-17-14-24)28-22-21(8-5-15-26-22)27(23(28)29)20-11-9-19(10-12-20)18-6-3-2-4-7-18;/h2-12,15,25H,13-14,16-17H2,1H3;1H. The summed E-state index contributed by atoms with van der Waals surface area (Å²) in [4.78, 5) is 18.2. The summed E-state index contributed by atoms with van der Waals surface area (Å²) in [6.07, 6.45) is 3.59. The number of rotatable bonds is 3. The van der Waals surface area contributed by atoms with Gasteiger partial charge in [-0.1, -0.05) is 42.5 Å². The number of hydrogen-bond donors (Lipinski definition) is 1. The summed E-state index contributed by atoms with van der Waals surface area (Å²) in [5.41, 5.74) is 4.52. The molecular formula is C24H25ClN4O. The van der Waals surface area contributed by atoms with Crippen molar-refractivity contribution in [1.29, 1.82) is 0 Å². The second kappa shape index (κ2) is 8.09. The van der Waals surface area contributed by atoms with Gasteiger partial charge in [0.1, 0.15) is 0 Å². The first-order valence-electron chi connectivity index (χ1n) is 10.1. The highest BCUT2D eigenvalue weighted by Gasteiger charge is 2.33. The Labute approximate surface area is 181 Å². The maximum atomic E-state index is 13.6. The van der Waals surface area contributed by atoms with Gasteiger partial charge in [-0.05, 0) is 68.2 Å². The van der Waals surface area contributed by atoms with Crippen LogP contribution >= 0.6 is 12.4 Å². The van der Waals surface area contributed by atoms with Gasteiger partial charge in [-0.3, -0.25) is 9.13 Å². The fourth-order valence-electron chi connectivity index (χ4n) is 4.39. The first-order chi connectivity index (χ1) is 14.2. The molecule has 0 radical (unpaired) electrons. The summed E-state index contributed by atoms with van der Waals surface area (Å²) in [7, 11) is 0. The van der Waals surface area contributed by atoms with Gasteiger partial charge in [-0.2, -0.15) is 0 Å². The van der Waals surface area contributed by atoms with E-state index in [1.807, 2.05) is 47.0 Å². The zero-order chi connectivity index (χ0) is 19.8. The molecule has 154 valence electrons. The molecule has 1 N–H and O–H groups in total. The number of aromatic nitrogens is 3. The third kappa shape index (κ3) is 3.34. The van der Waals surface area contributed by atoms with Crippen molar-refractivity contribution in [1.82, 2.24) is 19.4 Å². The third-order valence-corrected chi connectivity index (χ3v) is 6.05. The average molecular weight is 421 g/mol. The smallest absolute Gasteiger partial charge is 0.317 e. The van der Waals surface area contributed by atoms with Crippen molar-refractivity contribution >= 4 is 23.6 Å². The van der Waals surface area contributed by atoms with Crippen LogP contribution in [0.5, 0.6) is 0 Å². The van der Waals surface area contributed by atoms with Crippen molar-refractivity contribution in [2.75, 3.05) is 13.1 Å². The van der Waals surface area contributed by atoms with Crippen molar-refractivity contribution in [2.24, 2.45) is 0 Å². The van der Waals surface area contributed by atoms with Gasteiger partial charge in [0.05, 0.1) is 16.7 Å². The zero-order valence-electron chi connectivity index (χ0n) is 16.9. The summed E-state index contributed by atoms with van der Waals surface area (Å²) in [5.74, 6) is 0. The van der Waals surface area contributed by atoms with E-state index in [0.29, 0.717) is 0 Å². The van der Waals surface area contributed by atoms with Gasteiger partial charge in [0, 0.05) is 6.20 Å². The Hall–Kier alpha value is -2.89. The summed E-state index contributed by atoms with van der Waals surface area (Å²) in [5, 5.41) is 3.39. The highest BCUT2D eigenvalue weighted by molar-refractivity contribution is 5.85. The van der Waals surface area contributed by atoms with Crippen LogP contribution in [-0.4, -0.2) is 27.2 Å². The molecule has 2 aromatic carbocycles. The maximum Gasteiger partial charge on any atom is 0.335 e. The molecule has 0 atom stereocenters. The minimum absolute atomic E-state index is 0. The number of benzene rings is 2. The predicted molar refractivity (Wildman–Crippen MR) is 124 cm³/mol. The fraction of sp³-hybridized carbons (Fsp3) is 0.250. The van der Waals surface area contributed by atoms with Crippen molar-refractivity contribution in [3.05, 3.63) is 83.4 Å². The van der Waals surface area contributed by atoms with Crippen LogP contribution in [0.1, 0.15) is 19.8 Å². The lowest BCUT2D eigenvalue weighted by molar-refractivity contribution is 0.230. The lowest BCUT2D eigenvalue weighted by atomic mass is 9.90. The normalized spacial score (nSPS) is 15.6. The Morgan fingerprint density at radius 2 is 1.57 bits per heavy atom. The average Bonchev–Trinajstić information content (AvgIpc) is 3.07. The van der Waals surface area contributed by atoms with Crippen LogP contribution in [-0.2, 0) is 5.54 Å². The topological polar surface area (TPSA) is 51.9 Å². The Bertz CT molecular complexity index is 1210. The Morgan fingerprint density at radius 3 is 2.27 bits per heavy atom. The molecule has 0 unspecified atom stereocenters. The largest absolute Gasteiger partial charge is 0.335 e. The summed E-state index contributed by atoms with van der Waals surface area (Å²) in [6.45, 7) is 3.99. The summed E-state index contributed by atoms with van der Waals surface area (Å²) in [6, 6.07) is 22.3. The van der Waals surface area contributed by atoms with Crippen LogP contribution in [0.4, 0.5) is 0 Å². The number of nitrogens with zero attached hydrogens (tertiary/aromatic N) is 3. The molecule has 0 spiro atoms. The molecule has 0 aliphatic carbocycles. The van der Waals surface area contributed by atoms with Gasteiger partial charge in [0.2, 0.25) is 0 Å². The molecule has 5 nitrogen and oxygen atoms in total. The molecule has 0 bridgehead atoms. The molecule has 0 amide bonds. The van der Waals surface area contributed by atoms with Gasteiger partial charge < -0.3 is 5.32 Å². The second-order valence-corrected chi connectivity index (χ2v) is 7.96. The van der Waals surface area contributed by atoms with Crippen molar-refractivity contribution in [3.8, 4) is 16.8 Å². The molecule has 4 aromatic rings. The van der Waals surface area contributed by atoms with E-state index in [9.17, 15) is 4.79 Å². The van der Waals surface area contributed by atoms with Gasteiger partial charge in [0.15, 0.2) is 5.65 Å². The highest BCUT2D eigenvalue weighted by atomic mass is 35.5.